The molecule has 4 nitrogen and oxygen atoms in total. The van der Waals surface area contributed by atoms with Crippen molar-refractivity contribution in [3.8, 4) is 0 Å². The van der Waals surface area contributed by atoms with Crippen LogP contribution in [0.15, 0.2) is 48.1 Å². The number of carbonyl (C=O) groups excluding carboxylic acids is 1. The molecule has 23 heavy (non-hydrogen) atoms. The Kier molecular flexibility index (Phi) is 7.01. The lowest BCUT2D eigenvalue weighted by molar-refractivity contribution is 0.0191. The minimum atomic E-state index is -0.568. The molecule has 0 fully saturated rings. The largest absolute Gasteiger partial charge is 0.442 e. The lowest BCUT2D eigenvalue weighted by Gasteiger charge is -2.29. The van der Waals surface area contributed by atoms with Gasteiger partial charge in [0.2, 0.25) is 0 Å². The molecule has 0 aliphatic heterocycles. The summed E-state index contributed by atoms with van der Waals surface area (Å²) in [5, 5.41) is 5.75. The van der Waals surface area contributed by atoms with Crippen molar-refractivity contribution in [1.82, 2.24) is 5.01 Å². The van der Waals surface area contributed by atoms with Crippen LogP contribution in [0.3, 0.4) is 0 Å². The van der Waals surface area contributed by atoms with Gasteiger partial charge in [-0.2, -0.15) is 10.1 Å². The van der Waals surface area contributed by atoms with Crippen molar-refractivity contribution in [2.24, 2.45) is 11.0 Å². The van der Waals surface area contributed by atoms with Crippen LogP contribution in [-0.2, 0) is 4.74 Å². The fourth-order valence-electron chi connectivity index (χ4n) is 2.02. The summed E-state index contributed by atoms with van der Waals surface area (Å²) < 4.78 is 5.48. The zero-order valence-electron chi connectivity index (χ0n) is 14.8. The summed E-state index contributed by atoms with van der Waals surface area (Å²) in [6.07, 6.45) is 3.72. The van der Waals surface area contributed by atoms with E-state index in [2.05, 4.69) is 25.5 Å². The molecular weight excluding hydrogens is 288 g/mol. The van der Waals surface area contributed by atoms with Gasteiger partial charge in [-0.05, 0) is 38.7 Å². The molecule has 0 heterocycles. The molecule has 0 spiro atoms. The molecule has 1 aromatic rings. The summed E-state index contributed by atoms with van der Waals surface area (Å²) in [5.74, 6) is 0.412. The lowest BCUT2D eigenvalue weighted by atomic mass is 10.0. The van der Waals surface area contributed by atoms with Crippen molar-refractivity contribution in [3.63, 3.8) is 0 Å². The summed E-state index contributed by atoms with van der Waals surface area (Å²) in [6.45, 7) is 13.6. The van der Waals surface area contributed by atoms with Crippen molar-refractivity contribution in [1.29, 1.82) is 0 Å². The van der Waals surface area contributed by atoms with E-state index in [1.54, 1.807) is 12.3 Å². The van der Waals surface area contributed by atoms with Gasteiger partial charge in [0, 0.05) is 0 Å². The molecule has 0 aromatic heterocycles. The van der Waals surface area contributed by atoms with Crippen LogP contribution in [0.5, 0.6) is 0 Å². The summed E-state index contributed by atoms with van der Waals surface area (Å²) in [6, 6.07) is 9.46. The highest BCUT2D eigenvalue weighted by atomic mass is 16.6. The Morgan fingerprint density at radius 2 is 1.91 bits per heavy atom. The van der Waals surface area contributed by atoms with Crippen LogP contribution in [0.1, 0.15) is 46.6 Å². The number of hydrazone groups is 1. The quantitative estimate of drug-likeness (QED) is 0.427. The number of ether oxygens (including phenoxy) is 1. The molecule has 1 amide bonds. The second-order valence-electron chi connectivity index (χ2n) is 6.91. The Morgan fingerprint density at radius 1 is 1.30 bits per heavy atom. The third kappa shape index (κ3) is 7.13. The predicted molar refractivity (Wildman–Crippen MR) is 95.5 cm³/mol. The predicted octanol–water partition coefficient (Wildman–Crippen LogP) is 4.86. The highest BCUT2D eigenvalue weighted by Gasteiger charge is 2.27. The molecule has 0 aliphatic carbocycles. The number of benzene rings is 1. The molecule has 1 unspecified atom stereocenters. The average Bonchev–Trinajstić information content (AvgIpc) is 2.45. The third-order valence-electron chi connectivity index (χ3n) is 3.01. The zero-order chi connectivity index (χ0) is 17.5. The van der Waals surface area contributed by atoms with E-state index in [1.807, 2.05) is 51.1 Å². The van der Waals surface area contributed by atoms with Crippen molar-refractivity contribution in [2.75, 3.05) is 0 Å². The van der Waals surface area contributed by atoms with E-state index in [0.717, 1.165) is 12.0 Å². The van der Waals surface area contributed by atoms with Gasteiger partial charge in [0.1, 0.15) is 5.60 Å². The Balaban J connectivity index is 3.01. The van der Waals surface area contributed by atoms with E-state index in [-0.39, 0.29) is 6.04 Å². The second kappa shape index (κ2) is 8.51. The summed E-state index contributed by atoms with van der Waals surface area (Å²) in [5.41, 5.74) is 0.356. The first-order valence-electron chi connectivity index (χ1n) is 7.96. The Labute approximate surface area is 139 Å². The summed E-state index contributed by atoms with van der Waals surface area (Å²) >= 11 is 0. The van der Waals surface area contributed by atoms with Crippen LogP contribution < -0.4 is 0 Å². The van der Waals surface area contributed by atoms with Gasteiger partial charge >= 0.3 is 6.09 Å². The number of hydrogen-bond donors (Lipinski definition) is 0. The maximum atomic E-state index is 12.5. The van der Waals surface area contributed by atoms with Crippen molar-refractivity contribution < 1.29 is 9.53 Å². The smallest absolute Gasteiger partial charge is 0.431 e. The van der Waals surface area contributed by atoms with Crippen LogP contribution in [-0.4, -0.2) is 29.0 Å². The Bertz CT molecular complexity index is 530. The molecule has 1 rings (SSSR count). The molecule has 126 valence electrons. The maximum Gasteiger partial charge on any atom is 0.431 e. The first-order valence-corrected chi connectivity index (χ1v) is 7.96. The van der Waals surface area contributed by atoms with Crippen molar-refractivity contribution in [3.05, 3.63) is 48.6 Å². The van der Waals surface area contributed by atoms with Gasteiger partial charge in [-0.15, -0.1) is 6.58 Å². The number of rotatable bonds is 6. The normalized spacial score (nSPS) is 13.1. The van der Waals surface area contributed by atoms with E-state index >= 15 is 0 Å². The Hall–Kier alpha value is -2.10. The average molecular weight is 316 g/mol. The summed E-state index contributed by atoms with van der Waals surface area (Å²) in [7, 11) is 0. The first kappa shape index (κ1) is 18.9. The molecule has 0 saturated carbocycles. The topological polar surface area (TPSA) is 41.9 Å². The molecule has 1 atom stereocenters. The molecule has 0 bridgehead atoms. The highest BCUT2D eigenvalue weighted by Crippen LogP contribution is 2.18. The number of hydrogen-bond acceptors (Lipinski definition) is 3. The van der Waals surface area contributed by atoms with Gasteiger partial charge in [-0.25, -0.2) is 4.79 Å². The van der Waals surface area contributed by atoms with Crippen LogP contribution in [0.25, 0.3) is 0 Å². The Morgan fingerprint density at radius 3 is 2.39 bits per heavy atom. The number of nitrogens with zero attached hydrogens (tertiary/aromatic N) is 2. The van der Waals surface area contributed by atoms with Crippen molar-refractivity contribution >= 4 is 12.3 Å². The minimum Gasteiger partial charge on any atom is -0.442 e. The van der Waals surface area contributed by atoms with E-state index in [0.29, 0.717) is 5.92 Å². The summed E-state index contributed by atoms with van der Waals surface area (Å²) in [4.78, 5) is 12.5. The fourth-order valence-corrected chi connectivity index (χ4v) is 2.02. The molecule has 0 radical (unpaired) electrons. The molecular formula is C19H28N2O2. The minimum absolute atomic E-state index is 0.204. The van der Waals surface area contributed by atoms with Crippen LogP contribution >= 0.6 is 0 Å². The van der Waals surface area contributed by atoms with E-state index in [1.165, 1.54) is 5.01 Å². The molecule has 1 aromatic carbocycles. The van der Waals surface area contributed by atoms with Gasteiger partial charge in [0.25, 0.3) is 0 Å². The standard InChI is InChI=1S/C19H28N2O2/c1-7-17(13-15(2)3)21(18(22)23-19(4,5)6)20-14-16-11-9-8-10-12-16/h7-12,14-15,17H,1,13H2,2-6H3/b20-14+. The molecule has 0 N–H and O–H groups in total. The lowest BCUT2D eigenvalue weighted by Crippen LogP contribution is -2.40. The van der Waals surface area contributed by atoms with Crippen LogP contribution in [0, 0.1) is 5.92 Å². The van der Waals surface area contributed by atoms with Crippen molar-refractivity contribution in [2.45, 2.75) is 52.7 Å². The van der Waals surface area contributed by atoms with Gasteiger partial charge in [-0.3, -0.25) is 0 Å². The van der Waals surface area contributed by atoms with E-state index in [4.69, 9.17) is 4.74 Å². The zero-order valence-corrected chi connectivity index (χ0v) is 14.8. The molecule has 4 heteroatoms. The van der Waals surface area contributed by atoms with Gasteiger partial charge in [0.15, 0.2) is 0 Å². The molecule has 0 aliphatic rings. The first-order chi connectivity index (χ1) is 10.7. The van der Waals surface area contributed by atoms with Crippen LogP contribution in [0.4, 0.5) is 4.79 Å². The number of amides is 1. The van der Waals surface area contributed by atoms with E-state index < -0.39 is 11.7 Å². The molecule has 0 saturated heterocycles. The number of carbonyl (C=O) groups is 1. The van der Waals surface area contributed by atoms with Crippen LogP contribution in [0.2, 0.25) is 0 Å². The van der Waals surface area contributed by atoms with E-state index in [9.17, 15) is 4.79 Å². The highest BCUT2D eigenvalue weighted by molar-refractivity contribution is 5.81. The monoisotopic (exact) mass is 316 g/mol. The van der Waals surface area contributed by atoms with Gasteiger partial charge < -0.3 is 4.74 Å². The van der Waals surface area contributed by atoms with Gasteiger partial charge in [0.05, 0.1) is 12.3 Å². The maximum absolute atomic E-state index is 12.5. The SMILES string of the molecule is C=CC(CC(C)C)N(/N=C/c1ccccc1)C(=O)OC(C)(C)C. The fraction of sp³-hybridized carbons (Fsp3) is 0.474. The third-order valence-corrected chi connectivity index (χ3v) is 3.01. The second-order valence-corrected chi connectivity index (χ2v) is 6.91. The van der Waals surface area contributed by atoms with Gasteiger partial charge in [-0.1, -0.05) is 50.3 Å².